The average Bonchev–Trinajstić information content (AvgIpc) is 2.27. The quantitative estimate of drug-likeness (QED) is 0.430. The second-order valence-electron chi connectivity index (χ2n) is 3.10. The van der Waals surface area contributed by atoms with Gasteiger partial charge < -0.3 is 9.47 Å². The van der Waals surface area contributed by atoms with E-state index in [2.05, 4.69) is 0 Å². The van der Waals surface area contributed by atoms with Crippen LogP contribution in [0.3, 0.4) is 0 Å². The molecule has 0 saturated carbocycles. The molecule has 0 aliphatic heterocycles. The van der Waals surface area contributed by atoms with Crippen LogP contribution in [0.1, 0.15) is 12.5 Å². The number of benzene rings is 1. The molecule has 1 aromatic carbocycles. The van der Waals surface area contributed by atoms with Gasteiger partial charge in [-0.25, -0.2) is 4.79 Å². The molecule has 0 saturated heterocycles. The third-order valence-electron chi connectivity index (χ3n) is 1.83. The second-order valence-corrected chi connectivity index (χ2v) is 3.10. The van der Waals surface area contributed by atoms with Crippen molar-refractivity contribution in [2.24, 2.45) is 0 Å². The molecule has 0 amide bonds. The number of hydrogen-bond donors (Lipinski definition) is 0. The molecule has 15 heavy (non-hydrogen) atoms. The van der Waals surface area contributed by atoms with Gasteiger partial charge in [-0.1, -0.05) is 30.3 Å². The molecule has 0 bridgehead atoms. The fourth-order valence-corrected chi connectivity index (χ4v) is 1.06. The highest BCUT2D eigenvalue weighted by Gasteiger charge is 2.05. The minimum atomic E-state index is -0.360. The molecule has 0 heterocycles. The molecule has 0 aliphatic rings. The maximum atomic E-state index is 11.3. The van der Waals surface area contributed by atoms with Gasteiger partial charge in [0.2, 0.25) is 0 Å². The first-order chi connectivity index (χ1) is 7.24. The minimum Gasteiger partial charge on any atom is -0.504 e. The Morgan fingerprint density at radius 3 is 2.60 bits per heavy atom. The molecule has 0 N–H and O–H groups in total. The molecule has 0 radical (unpaired) electrons. The van der Waals surface area contributed by atoms with E-state index in [0.717, 1.165) is 5.56 Å². The first-order valence-electron chi connectivity index (χ1n) is 4.64. The molecule has 0 aromatic heterocycles. The largest absolute Gasteiger partial charge is 0.504 e. The highest BCUT2D eigenvalue weighted by atomic mass is 16.5. The van der Waals surface area contributed by atoms with Crippen LogP contribution in [-0.2, 0) is 20.9 Å². The Kier molecular flexibility index (Phi) is 4.41. The third kappa shape index (κ3) is 3.85. The van der Waals surface area contributed by atoms with Crippen LogP contribution in [0.5, 0.6) is 0 Å². The second kappa shape index (κ2) is 5.86. The molecule has 0 aliphatic carbocycles. The predicted molar refractivity (Wildman–Crippen MR) is 57.0 cm³/mol. The maximum Gasteiger partial charge on any atom is 0.337 e. The summed E-state index contributed by atoms with van der Waals surface area (Å²) in [5.74, 6) is -0.360. The normalized spacial score (nSPS) is 10.9. The summed E-state index contributed by atoms with van der Waals surface area (Å²) in [6.45, 7) is 1.94. The van der Waals surface area contributed by atoms with Crippen LogP contribution < -0.4 is 0 Å². The summed E-state index contributed by atoms with van der Waals surface area (Å²) in [5, 5.41) is 0. The lowest BCUT2D eigenvalue weighted by molar-refractivity contribution is -0.140. The Bertz CT molecular complexity index is 341. The Morgan fingerprint density at radius 2 is 2.00 bits per heavy atom. The van der Waals surface area contributed by atoms with Gasteiger partial charge >= 0.3 is 5.97 Å². The van der Waals surface area contributed by atoms with Crippen molar-refractivity contribution in [3.8, 4) is 0 Å². The van der Waals surface area contributed by atoms with Crippen molar-refractivity contribution in [1.29, 1.82) is 0 Å². The molecule has 0 fully saturated rings. The van der Waals surface area contributed by atoms with E-state index in [4.69, 9.17) is 9.47 Å². The molecule has 3 heteroatoms. The first kappa shape index (κ1) is 11.3. The zero-order valence-corrected chi connectivity index (χ0v) is 8.90. The summed E-state index contributed by atoms with van der Waals surface area (Å²) in [4.78, 5) is 11.3. The van der Waals surface area contributed by atoms with Crippen LogP contribution >= 0.6 is 0 Å². The van der Waals surface area contributed by atoms with Gasteiger partial charge in [0.15, 0.2) is 0 Å². The van der Waals surface area contributed by atoms with E-state index in [1.54, 1.807) is 6.92 Å². The molecule has 0 atom stereocenters. The number of ether oxygens (including phenoxy) is 2. The van der Waals surface area contributed by atoms with E-state index >= 15 is 0 Å². The number of hydrogen-bond acceptors (Lipinski definition) is 3. The predicted octanol–water partition coefficient (Wildman–Crippen LogP) is 2.28. The number of carbonyl (C=O) groups excluding carboxylic acids is 1. The van der Waals surface area contributed by atoms with E-state index in [9.17, 15) is 4.79 Å². The lowest BCUT2D eigenvalue weighted by Gasteiger charge is -2.04. The molecule has 0 spiro atoms. The summed E-state index contributed by atoms with van der Waals surface area (Å²) in [6.07, 6.45) is 1.37. The van der Waals surface area contributed by atoms with E-state index in [1.165, 1.54) is 13.4 Å². The summed E-state index contributed by atoms with van der Waals surface area (Å²) < 4.78 is 9.77. The van der Waals surface area contributed by atoms with E-state index < -0.39 is 0 Å². The number of esters is 1. The topological polar surface area (TPSA) is 35.5 Å². The standard InChI is InChI=1S/C12H14O3/c1-10(8-14-2)12(13)15-9-11-6-4-3-5-7-11/h3-8H,9H2,1-2H3/b10-8+. The van der Waals surface area contributed by atoms with Crippen LogP contribution in [0, 0.1) is 0 Å². The van der Waals surface area contributed by atoms with Gasteiger partial charge in [0.05, 0.1) is 18.9 Å². The zero-order valence-electron chi connectivity index (χ0n) is 8.90. The summed E-state index contributed by atoms with van der Waals surface area (Å²) in [5.41, 5.74) is 1.42. The smallest absolute Gasteiger partial charge is 0.337 e. The molecule has 1 aromatic rings. The van der Waals surface area contributed by atoms with Crippen LogP contribution in [0.15, 0.2) is 42.2 Å². The Balaban J connectivity index is 2.45. The van der Waals surface area contributed by atoms with E-state index in [0.29, 0.717) is 5.57 Å². The zero-order chi connectivity index (χ0) is 11.1. The monoisotopic (exact) mass is 206 g/mol. The van der Waals surface area contributed by atoms with Crippen LogP contribution in [0.4, 0.5) is 0 Å². The van der Waals surface area contributed by atoms with Crippen molar-refractivity contribution < 1.29 is 14.3 Å². The lowest BCUT2D eigenvalue weighted by Crippen LogP contribution is -2.05. The van der Waals surface area contributed by atoms with Gasteiger partial charge in [-0.05, 0) is 12.5 Å². The van der Waals surface area contributed by atoms with Crippen molar-refractivity contribution in [1.82, 2.24) is 0 Å². The van der Waals surface area contributed by atoms with Gasteiger partial charge in [0.1, 0.15) is 6.61 Å². The molecule has 1 rings (SSSR count). The molecule has 0 unspecified atom stereocenters. The lowest BCUT2D eigenvalue weighted by atomic mass is 10.2. The number of carbonyl (C=O) groups is 1. The summed E-state index contributed by atoms with van der Waals surface area (Å²) in [6, 6.07) is 9.54. The fourth-order valence-electron chi connectivity index (χ4n) is 1.06. The number of methoxy groups -OCH3 is 1. The summed E-state index contributed by atoms with van der Waals surface area (Å²) >= 11 is 0. The molecular formula is C12H14O3. The number of rotatable bonds is 4. The third-order valence-corrected chi connectivity index (χ3v) is 1.83. The van der Waals surface area contributed by atoms with Gasteiger partial charge in [-0.15, -0.1) is 0 Å². The Hall–Kier alpha value is -1.77. The van der Waals surface area contributed by atoms with Gasteiger partial charge in [-0.2, -0.15) is 0 Å². The van der Waals surface area contributed by atoms with Crippen LogP contribution in [-0.4, -0.2) is 13.1 Å². The van der Waals surface area contributed by atoms with E-state index in [-0.39, 0.29) is 12.6 Å². The van der Waals surface area contributed by atoms with Crippen molar-refractivity contribution in [3.63, 3.8) is 0 Å². The highest BCUT2D eigenvalue weighted by Crippen LogP contribution is 2.03. The average molecular weight is 206 g/mol. The van der Waals surface area contributed by atoms with Crippen molar-refractivity contribution in [2.75, 3.05) is 7.11 Å². The van der Waals surface area contributed by atoms with E-state index in [1.807, 2.05) is 30.3 Å². The highest BCUT2D eigenvalue weighted by molar-refractivity contribution is 5.87. The first-order valence-corrected chi connectivity index (χ1v) is 4.64. The molecule has 80 valence electrons. The Labute approximate surface area is 89.3 Å². The SMILES string of the molecule is CO/C=C(\C)C(=O)OCc1ccccc1. The fraction of sp³-hybridized carbons (Fsp3) is 0.250. The van der Waals surface area contributed by atoms with Gasteiger partial charge in [0.25, 0.3) is 0 Å². The van der Waals surface area contributed by atoms with Crippen molar-refractivity contribution >= 4 is 5.97 Å². The van der Waals surface area contributed by atoms with Crippen molar-refractivity contribution in [2.45, 2.75) is 13.5 Å². The summed E-state index contributed by atoms with van der Waals surface area (Å²) in [7, 11) is 1.49. The Morgan fingerprint density at radius 1 is 1.33 bits per heavy atom. The van der Waals surface area contributed by atoms with Crippen LogP contribution in [0.25, 0.3) is 0 Å². The molecule has 3 nitrogen and oxygen atoms in total. The maximum absolute atomic E-state index is 11.3. The van der Waals surface area contributed by atoms with Crippen molar-refractivity contribution in [3.05, 3.63) is 47.7 Å². The van der Waals surface area contributed by atoms with Gasteiger partial charge in [-0.3, -0.25) is 0 Å². The minimum absolute atomic E-state index is 0.286. The molecular weight excluding hydrogens is 192 g/mol. The van der Waals surface area contributed by atoms with Crippen LogP contribution in [0.2, 0.25) is 0 Å². The van der Waals surface area contributed by atoms with Gasteiger partial charge in [0, 0.05) is 0 Å².